The third-order valence-corrected chi connectivity index (χ3v) is 2.73. The molecule has 3 nitrogen and oxygen atoms in total. The molecule has 0 aliphatic rings. The van der Waals surface area contributed by atoms with Gasteiger partial charge < -0.3 is 11.1 Å². The standard InChI is InChI=1S/C12H19N3S/c1-3-5-9(4-2)15-10-6-7-11(12(13)16)14-8-10/h6-9,15H,3-5H2,1-2H3,(H2,13,16). The lowest BCUT2D eigenvalue weighted by atomic mass is 10.1. The average molecular weight is 237 g/mol. The number of nitrogens with two attached hydrogens (primary N) is 1. The minimum Gasteiger partial charge on any atom is -0.388 e. The summed E-state index contributed by atoms with van der Waals surface area (Å²) in [6.45, 7) is 4.38. The number of hydrogen-bond acceptors (Lipinski definition) is 3. The minimum atomic E-state index is 0.340. The lowest BCUT2D eigenvalue weighted by molar-refractivity contribution is 0.622. The third kappa shape index (κ3) is 3.77. The molecule has 4 heteroatoms. The molecule has 1 rings (SSSR count). The van der Waals surface area contributed by atoms with E-state index in [2.05, 4.69) is 24.1 Å². The average Bonchev–Trinajstić information content (AvgIpc) is 2.29. The van der Waals surface area contributed by atoms with E-state index in [0.717, 1.165) is 12.1 Å². The summed E-state index contributed by atoms with van der Waals surface area (Å²) >= 11 is 4.85. The maximum atomic E-state index is 5.49. The molecule has 0 aromatic carbocycles. The summed E-state index contributed by atoms with van der Waals surface area (Å²) in [7, 11) is 0. The highest BCUT2D eigenvalue weighted by atomic mass is 32.1. The summed E-state index contributed by atoms with van der Waals surface area (Å²) in [4.78, 5) is 4.54. The van der Waals surface area contributed by atoms with Crippen LogP contribution in [0.3, 0.4) is 0 Å². The Bertz CT molecular complexity index is 335. The Morgan fingerprint density at radius 2 is 2.25 bits per heavy atom. The first-order chi connectivity index (χ1) is 7.67. The van der Waals surface area contributed by atoms with Gasteiger partial charge in [-0.15, -0.1) is 0 Å². The number of nitrogens with one attached hydrogen (secondary N) is 1. The van der Waals surface area contributed by atoms with E-state index >= 15 is 0 Å². The van der Waals surface area contributed by atoms with E-state index in [0.29, 0.717) is 16.7 Å². The van der Waals surface area contributed by atoms with Gasteiger partial charge in [0.15, 0.2) is 0 Å². The fourth-order valence-electron chi connectivity index (χ4n) is 1.59. The molecule has 0 spiro atoms. The Kier molecular flexibility index (Phi) is 5.19. The van der Waals surface area contributed by atoms with Gasteiger partial charge in [-0.05, 0) is 25.0 Å². The fraction of sp³-hybridized carbons (Fsp3) is 0.500. The summed E-state index contributed by atoms with van der Waals surface area (Å²) in [6.07, 6.45) is 5.26. The zero-order valence-electron chi connectivity index (χ0n) is 9.86. The monoisotopic (exact) mass is 237 g/mol. The predicted molar refractivity (Wildman–Crippen MR) is 72.7 cm³/mol. The second-order valence-electron chi connectivity index (χ2n) is 3.83. The smallest absolute Gasteiger partial charge is 0.122 e. The molecule has 1 aromatic rings. The molecule has 0 bridgehead atoms. The van der Waals surface area contributed by atoms with Crippen molar-refractivity contribution >= 4 is 22.9 Å². The highest BCUT2D eigenvalue weighted by molar-refractivity contribution is 7.80. The van der Waals surface area contributed by atoms with Crippen LogP contribution in [0, 0.1) is 0 Å². The maximum Gasteiger partial charge on any atom is 0.122 e. The van der Waals surface area contributed by atoms with Gasteiger partial charge in [0, 0.05) is 6.04 Å². The molecule has 0 fully saturated rings. The van der Waals surface area contributed by atoms with Crippen LogP contribution < -0.4 is 11.1 Å². The number of pyridine rings is 1. The molecule has 0 saturated carbocycles. The predicted octanol–water partition coefficient (Wildman–Crippen LogP) is 2.71. The van der Waals surface area contributed by atoms with Gasteiger partial charge in [0.1, 0.15) is 4.99 Å². The van der Waals surface area contributed by atoms with E-state index < -0.39 is 0 Å². The molecule has 0 radical (unpaired) electrons. The molecule has 0 saturated heterocycles. The SMILES string of the molecule is CCCC(CC)Nc1ccc(C(N)=S)nc1. The third-order valence-electron chi connectivity index (χ3n) is 2.52. The van der Waals surface area contributed by atoms with Crippen molar-refractivity contribution in [2.45, 2.75) is 39.2 Å². The quantitative estimate of drug-likeness (QED) is 0.747. The second-order valence-corrected chi connectivity index (χ2v) is 4.27. The van der Waals surface area contributed by atoms with Crippen LogP contribution in [0.15, 0.2) is 18.3 Å². The number of thiocarbonyl (C=S) groups is 1. The molecule has 0 amide bonds. The van der Waals surface area contributed by atoms with Crippen LogP contribution in [-0.2, 0) is 0 Å². The Balaban J connectivity index is 2.63. The number of nitrogens with zero attached hydrogens (tertiary/aromatic N) is 1. The van der Waals surface area contributed by atoms with Crippen LogP contribution in [0.25, 0.3) is 0 Å². The minimum absolute atomic E-state index is 0.340. The van der Waals surface area contributed by atoms with Gasteiger partial charge >= 0.3 is 0 Å². The topological polar surface area (TPSA) is 50.9 Å². The molecule has 88 valence electrons. The first-order valence-corrected chi connectivity index (χ1v) is 6.10. The van der Waals surface area contributed by atoms with Crippen molar-refractivity contribution in [3.8, 4) is 0 Å². The fourth-order valence-corrected chi connectivity index (χ4v) is 1.71. The van der Waals surface area contributed by atoms with Crippen molar-refractivity contribution in [3.05, 3.63) is 24.0 Å². The maximum absolute atomic E-state index is 5.49. The molecule has 3 N–H and O–H groups in total. The number of rotatable bonds is 6. The first kappa shape index (κ1) is 12.9. The van der Waals surface area contributed by atoms with Crippen LogP contribution >= 0.6 is 12.2 Å². The number of anilines is 1. The zero-order chi connectivity index (χ0) is 12.0. The van der Waals surface area contributed by atoms with E-state index in [1.807, 2.05) is 12.1 Å². The highest BCUT2D eigenvalue weighted by Crippen LogP contribution is 2.12. The Hall–Kier alpha value is -1.16. The molecule has 1 heterocycles. The van der Waals surface area contributed by atoms with Gasteiger partial charge in [0.2, 0.25) is 0 Å². The van der Waals surface area contributed by atoms with E-state index in [4.69, 9.17) is 18.0 Å². The normalized spacial score (nSPS) is 12.1. The summed E-state index contributed by atoms with van der Waals surface area (Å²) in [6, 6.07) is 4.34. The van der Waals surface area contributed by atoms with Crippen LogP contribution in [0.5, 0.6) is 0 Å². The lowest BCUT2D eigenvalue weighted by Gasteiger charge is -2.17. The molecule has 1 unspecified atom stereocenters. The Morgan fingerprint density at radius 1 is 1.50 bits per heavy atom. The van der Waals surface area contributed by atoms with Crippen LogP contribution in [-0.4, -0.2) is 16.0 Å². The van der Waals surface area contributed by atoms with E-state index in [9.17, 15) is 0 Å². The van der Waals surface area contributed by atoms with Gasteiger partial charge in [-0.25, -0.2) is 0 Å². The van der Waals surface area contributed by atoms with E-state index in [1.165, 1.54) is 12.8 Å². The summed E-state index contributed by atoms with van der Waals surface area (Å²) < 4.78 is 0. The lowest BCUT2D eigenvalue weighted by Crippen LogP contribution is -2.18. The largest absolute Gasteiger partial charge is 0.388 e. The molecule has 1 atom stereocenters. The van der Waals surface area contributed by atoms with Gasteiger partial charge in [0.05, 0.1) is 17.6 Å². The molecular weight excluding hydrogens is 218 g/mol. The summed E-state index contributed by atoms with van der Waals surface area (Å²) in [5.74, 6) is 0. The van der Waals surface area contributed by atoms with Crippen molar-refractivity contribution in [3.63, 3.8) is 0 Å². The molecule has 1 aromatic heterocycles. The van der Waals surface area contributed by atoms with Crippen molar-refractivity contribution in [2.75, 3.05) is 5.32 Å². The second kappa shape index (κ2) is 6.43. The Labute approximate surface area is 102 Å². The molecular formula is C12H19N3S. The van der Waals surface area contributed by atoms with Crippen molar-refractivity contribution in [1.82, 2.24) is 4.98 Å². The van der Waals surface area contributed by atoms with Crippen LogP contribution in [0.1, 0.15) is 38.8 Å². The summed E-state index contributed by atoms with van der Waals surface area (Å²) in [5.41, 5.74) is 7.19. The van der Waals surface area contributed by atoms with Crippen molar-refractivity contribution in [1.29, 1.82) is 0 Å². The molecule has 0 aliphatic heterocycles. The van der Waals surface area contributed by atoms with Crippen LogP contribution in [0.4, 0.5) is 5.69 Å². The Morgan fingerprint density at radius 3 is 2.69 bits per heavy atom. The summed E-state index contributed by atoms with van der Waals surface area (Å²) in [5, 5.41) is 3.45. The van der Waals surface area contributed by atoms with Crippen molar-refractivity contribution < 1.29 is 0 Å². The number of aromatic nitrogens is 1. The van der Waals surface area contributed by atoms with Gasteiger partial charge in [-0.2, -0.15) is 0 Å². The first-order valence-electron chi connectivity index (χ1n) is 5.69. The van der Waals surface area contributed by atoms with Crippen molar-refractivity contribution in [2.24, 2.45) is 5.73 Å². The number of hydrogen-bond donors (Lipinski definition) is 2. The van der Waals surface area contributed by atoms with E-state index in [-0.39, 0.29) is 0 Å². The molecule has 16 heavy (non-hydrogen) atoms. The van der Waals surface area contributed by atoms with Gasteiger partial charge in [0.25, 0.3) is 0 Å². The van der Waals surface area contributed by atoms with E-state index in [1.54, 1.807) is 6.20 Å². The van der Waals surface area contributed by atoms with Gasteiger partial charge in [-0.1, -0.05) is 32.5 Å². The molecule has 0 aliphatic carbocycles. The van der Waals surface area contributed by atoms with Gasteiger partial charge in [-0.3, -0.25) is 4.98 Å². The zero-order valence-corrected chi connectivity index (χ0v) is 10.7. The highest BCUT2D eigenvalue weighted by Gasteiger charge is 2.05. The van der Waals surface area contributed by atoms with Crippen LogP contribution in [0.2, 0.25) is 0 Å².